The zero-order valence-electron chi connectivity index (χ0n) is 15.3. The maximum Gasteiger partial charge on any atom is 0.252 e. The highest BCUT2D eigenvalue weighted by molar-refractivity contribution is 7.11. The highest BCUT2D eigenvalue weighted by Gasteiger charge is 2.25. The Labute approximate surface area is 153 Å². The fourth-order valence-electron chi connectivity index (χ4n) is 2.57. The summed E-state index contributed by atoms with van der Waals surface area (Å²) < 4.78 is 0. The van der Waals surface area contributed by atoms with Crippen LogP contribution in [0.4, 0.5) is 0 Å². The summed E-state index contributed by atoms with van der Waals surface area (Å²) in [5.74, 6) is -0.359. The average Bonchev–Trinajstić information content (AvgIpc) is 3.05. The van der Waals surface area contributed by atoms with Gasteiger partial charge < -0.3 is 10.6 Å². The zero-order valence-corrected chi connectivity index (χ0v) is 16.1. The molecular formula is C20H26N2O2S. The fraction of sp³-hybridized carbons (Fsp3) is 0.400. The Morgan fingerprint density at radius 2 is 1.76 bits per heavy atom. The molecule has 1 aromatic carbocycles. The fourth-order valence-corrected chi connectivity index (χ4v) is 3.47. The van der Waals surface area contributed by atoms with Crippen LogP contribution in [-0.4, -0.2) is 17.9 Å². The van der Waals surface area contributed by atoms with E-state index in [4.69, 9.17) is 0 Å². The largest absolute Gasteiger partial charge is 0.349 e. The minimum atomic E-state index is -0.558. The summed E-state index contributed by atoms with van der Waals surface area (Å²) >= 11 is 1.71. The van der Waals surface area contributed by atoms with E-state index in [1.807, 2.05) is 45.0 Å². The van der Waals surface area contributed by atoms with Gasteiger partial charge in [0.25, 0.3) is 5.91 Å². The molecule has 25 heavy (non-hydrogen) atoms. The van der Waals surface area contributed by atoms with Crippen molar-refractivity contribution >= 4 is 23.2 Å². The second-order valence-electron chi connectivity index (χ2n) is 6.45. The van der Waals surface area contributed by atoms with Gasteiger partial charge in [0.05, 0.1) is 6.54 Å². The van der Waals surface area contributed by atoms with Crippen LogP contribution in [0.2, 0.25) is 0 Å². The first-order valence-electron chi connectivity index (χ1n) is 8.64. The molecule has 2 aromatic rings. The Kier molecular flexibility index (Phi) is 6.76. The number of hydrogen-bond acceptors (Lipinski definition) is 3. The third-order valence-electron chi connectivity index (χ3n) is 4.13. The van der Waals surface area contributed by atoms with Crippen molar-refractivity contribution in [2.24, 2.45) is 5.92 Å². The molecule has 0 bridgehead atoms. The Morgan fingerprint density at radius 3 is 2.36 bits per heavy atom. The molecule has 1 unspecified atom stereocenters. The van der Waals surface area contributed by atoms with Gasteiger partial charge in [-0.15, -0.1) is 11.3 Å². The van der Waals surface area contributed by atoms with Gasteiger partial charge in [0.2, 0.25) is 5.91 Å². The van der Waals surface area contributed by atoms with Crippen molar-refractivity contribution < 1.29 is 9.59 Å². The lowest BCUT2D eigenvalue weighted by Gasteiger charge is -2.22. The first-order valence-corrected chi connectivity index (χ1v) is 9.45. The summed E-state index contributed by atoms with van der Waals surface area (Å²) in [7, 11) is 0. The van der Waals surface area contributed by atoms with Gasteiger partial charge in [0, 0.05) is 15.3 Å². The maximum absolute atomic E-state index is 12.6. The van der Waals surface area contributed by atoms with Crippen molar-refractivity contribution in [3.05, 3.63) is 57.3 Å². The number of nitrogens with one attached hydrogen (secondary N) is 2. The highest BCUT2D eigenvalue weighted by atomic mass is 32.1. The molecule has 1 atom stereocenters. The van der Waals surface area contributed by atoms with E-state index < -0.39 is 6.04 Å². The molecule has 1 aromatic heterocycles. The van der Waals surface area contributed by atoms with Gasteiger partial charge in [-0.05, 0) is 43.0 Å². The molecule has 0 saturated carbocycles. The van der Waals surface area contributed by atoms with Crippen LogP contribution in [0.3, 0.4) is 0 Å². The minimum Gasteiger partial charge on any atom is -0.349 e. The Bertz CT molecular complexity index is 737. The number of benzene rings is 1. The van der Waals surface area contributed by atoms with Crippen molar-refractivity contribution in [2.75, 3.05) is 0 Å². The van der Waals surface area contributed by atoms with Crippen LogP contribution < -0.4 is 10.6 Å². The van der Waals surface area contributed by atoms with E-state index in [0.29, 0.717) is 12.1 Å². The Morgan fingerprint density at radius 1 is 1.08 bits per heavy atom. The molecular weight excluding hydrogens is 332 g/mol. The molecule has 5 heteroatoms. The SMILES string of the molecule is CCc1ccc(CNC(=O)C(NC(=O)c2ccccc2C)C(C)C)s1. The molecule has 134 valence electrons. The van der Waals surface area contributed by atoms with Crippen molar-refractivity contribution in [1.82, 2.24) is 10.6 Å². The summed E-state index contributed by atoms with van der Waals surface area (Å²) in [6.07, 6.45) is 1.000. The van der Waals surface area contributed by atoms with Gasteiger partial charge >= 0.3 is 0 Å². The van der Waals surface area contributed by atoms with Crippen LogP contribution in [0.5, 0.6) is 0 Å². The molecule has 2 amide bonds. The number of thiophene rings is 1. The molecule has 0 radical (unpaired) electrons. The number of amides is 2. The lowest BCUT2D eigenvalue weighted by Crippen LogP contribution is -2.49. The monoisotopic (exact) mass is 358 g/mol. The van der Waals surface area contributed by atoms with E-state index >= 15 is 0 Å². The summed E-state index contributed by atoms with van der Waals surface area (Å²) in [5, 5.41) is 5.82. The molecule has 0 saturated heterocycles. The molecule has 0 aliphatic rings. The lowest BCUT2D eigenvalue weighted by molar-refractivity contribution is -0.124. The van der Waals surface area contributed by atoms with Crippen LogP contribution in [0.25, 0.3) is 0 Å². The van der Waals surface area contributed by atoms with Crippen LogP contribution in [0.1, 0.15) is 46.4 Å². The molecule has 0 spiro atoms. The Balaban J connectivity index is 2.00. The molecule has 2 N–H and O–H groups in total. The number of carbonyl (C=O) groups excluding carboxylic acids is 2. The van der Waals surface area contributed by atoms with Crippen LogP contribution in [0, 0.1) is 12.8 Å². The summed E-state index contributed by atoms with van der Waals surface area (Å²) in [6, 6.07) is 11.0. The lowest BCUT2D eigenvalue weighted by atomic mass is 10.0. The van der Waals surface area contributed by atoms with Gasteiger partial charge in [-0.25, -0.2) is 0 Å². The molecule has 4 nitrogen and oxygen atoms in total. The van der Waals surface area contributed by atoms with Crippen LogP contribution >= 0.6 is 11.3 Å². The maximum atomic E-state index is 12.6. The first-order chi connectivity index (χ1) is 11.9. The van der Waals surface area contributed by atoms with Crippen molar-refractivity contribution in [2.45, 2.75) is 46.7 Å². The van der Waals surface area contributed by atoms with Gasteiger partial charge in [0.15, 0.2) is 0 Å². The smallest absolute Gasteiger partial charge is 0.252 e. The van der Waals surface area contributed by atoms with E-state index in [2.05, 4.69) is 23.6 Å². The predicted molar refractivity (Wildman–Crippen MR) is 103 cm³/mol. The normalized spacial score (nSPS) is 12.0. The van der Waals surface area contributed by atoms with Crippen molar-refractivity contribution in [3.63, 3.8) is 0 Å². The molecule has 0 fully saturated rings. The number of hydrogen-bond donors (Lipinski definition) is 2. The minimum absolute atomic E-state index is 0.00232. The third kappa shape index (κ3) is 5.16. The van der Waals surface area contributed by atoms with E-state index in [0.717, 1.165) is 16.9 Å². The molecule has 0 aliphatic heterocycles. The Hall–Kier alpha value is -2.14. The summed E-state index contributed by atoms with van der Waals surface area (Å²) in [6.45, 7) is 8.37. The van der Waals surface area contributed by atoms with Crippen LogP contribution in [0.15, 0.2) is 36.4 Å². The predicted octanol–water partition coefficient (Wildman–Crippen LogP) is 3.69. The van der Waals surface area contributed by atoms with E-state index in [1.54, 1.807) is 17.4 Å². The number of carbonyl (C=O) groups is 2. The second kappa shape index (κ2) is 8.81. The van der Waals surface area contributed by atoms with Gasteiger partial charge in [0.1, 0.15) is 6.04 Å². The van der Waals surface area contributed by atoms with Gasteiger partial charge in [-0.3, -0.25) is 9.59 Å². The highest BCUT2D eigenvalue weighted by Crippen LogP contribution is 2.17. The first kappa shape index (κ1) is 19.2. The number of aryl methyl sites for hydroxylation is 2. The summed E-state index contributed by atoms with van der Waals surface area (Å²) in [4.78, 5) is 27.5. The molecule has 2 rings (SSSR count). The third-order valence-corrected chi connectivity index (χ3v) is 5.36. The second-order valence-corrected chi connectivity index (χ2v) is 7.70. The van der Waals surface area contributed by atoms with Crippen molar-refractivity contribution in [3.8, 4) is 0 Å². The molecule has 0 aliphatic carbocycles. The van der Waals surface area contributed by atoms with E-state index in [-0.39, 0.29) is 17.7 Å². The zero-order chi connectivity index (χ0) is 18.4. The standard InChI is InChI=1S/C20H26N2O2S/c1-5-15-10-11-16(25-15)12-21-20(24)18(13(2)3)22-19(23)17-9-7-6-8-14(17)4/h6-11,13,18H,5,12H2,1-4H3,(H,21,24)(H,22,23). The van der Waals surface area contributed by atoms with Crippen LogP contribution in [-0.2, 0) is 17.8 Å². The topological polar surface area (TPSA) is 58.2 Å². The van der Waals surface area contributed by atoms with E-state index in [1.165, 1.54) is 4.88 Å². The van der Waals surface area contributed by atoms with Gasteiger partial charge in [-0.2, -0.15) is 0 Å². The van der Waals surface area contributed by atoms with Gasteiger partial charge in [-0.1, -0.05) is 39.0 Å². The quantitative estimate of drug-likeness (QED) is 0.793. The average molecular weight is 359 g/mol. The van der Waals surface area contributed by atoms with E-state index in [9.17, 15) is 9.59 Å². The number of rotatable bonds is 7. The summed E-state index contributed by atoms with van der Waals surface area (Å²) in [5.41, 5.74) is 1.50. The molecule has 1 heterocycles. The van der Waals surface area contributed by atoms with Crippen molar-refractivity contribution in [1.29, 1.82) is 0 Å².